The van der Waals surface area contributed by atoms with Gasteiger partial charge in [0.1, 0.15) is 17.2 Å². The third-order valence-corrected chi connectivity index (χ3v) is 4.09. The van der Waals surface area contributed by atoms with Crippen molar-refractivity contribution in [1.29, 1.82) is 0 Å². The largest absolute Gasteiger partial charge is 0.497 e. The van der Waals surface area contributed by atoms with Crippen molar-refractivity contribution >= 4 is 35.4 Å². The van der Waals surface area contributed by atoms with Crippen LogP contribution in [0, 0.1) is 0 Å². The molecule has 3 aromatic carbocycles. The van der Waals surface area contributed by atoms with Crippen molar-refractivity contribution in [3.63, 3.8) is 0 Å². The van der Waals surface area contributed by atoms with Gasteiger partial charge < -0.3 is 24.8 Å². The fourth-order valence-corrected chi connectivity index (χ4v) is 2.62. The summed E-state index contributed by atoms with van der Waals surface area (Å²) in [4.78, 5) is 4.71. The van der Waals surface area contributed by atoms with Crippen LogP contribution in [0.1, 0.15) is 6.92 Å². The third kappa shape index (κ3) is 6.60. The Morgan fingerprint density at radius 3 is 1.53 bits per heavy atom. The predicted molar refractivity (Wildman–Crippen MR) is 125 cm³/mol. The van der Waals surface area contributed by atoms with Crippen LogP contribution in [-0.4, -0.2) is 26.8 Å². The van der Waals surface area contributed by atoms with Crippen molar-refractivity contribution in [2.75, 3.05) is 31.5 Å². The molecular weight excluding hydrogens is 402 g/mol. The molecule has 0 aliphatic rings. The SMILES string of the molecule is CCOc1ccc(N=C(Nc2ccc(OC)cc2)Nc2ccc(OC)cc2)cc1.Cl. The number of halogens is 1. The Bertz CT molecular complexity index is 876. The van der Waals surface area contributed by atoms with Crippen molar-refractivity contribution in [2.24, 2.45) is 4.99 Å². The molecule has 2 N–H and O–H groups in total. The first-order chi connectivity index (χ1) is 14.2. The van der Waals surface area contributed by atoms with Gasteiger partial charge in [-0.3, -0.25) is 0 Å². The van der Waals surface area contributed by atoms with Crippen LogP contribution in [0.2, 0.25) is 0 Å². The number of methoxy groups -OCH3 is 2. The van der Waals surface area contributed by atoms with E-state index in [1.54, 1.807) is 14.2 Å². The molecular formula is C23H26ClN3O3. The van der Waals surface area contributed by atoms with Gasteiger partial charge in [-0.25, -0.2) is 4.99 Å². The fourth-order valence-electron chi connectivity index (χ4n) is 2.62. The Morgan fingerprint density at radius 2 is 1.13 bits per heavy atom. The van der Waals surface area contributed by atoms with E-state index in [1.165, 1.54) is 0 Å². The van der Waals surface area contributed by atoms with E-state index >= 15 is 0 Å². The summed E-state index contributed by atoms with van der Waals surface area (Å²) < 4.78 is 15.9. The van der Waals surface area contributed by atoms with E-state index in [2.05, 4.69) is 10.6 Å². The minimum absolute atomic E-state index is 0. The minimum Gasteiger partial charge on any atom is -0.497 e. The summed E-state index contributed by atoms with van der Waals surface area (Å²) in [6, 6.07) is 22.9. The summed E-state index contributed by atoms with van der Waals surface area (Å²) >= 11 is 0. The molecule has 0 amide bonds. The van der Waals surface area contributed by atoms with E-state index in [1.807, 2.05) is 79.7 Å². The maximum atomic E-state index is 5.50. The molecule has 0 spiro atoms. The first kappa shape index (κ1) is 22.9. The fraction of sp³-hybridized carbons (Fsp3) is 0.174. The van der Waals surface area contributed by atoms with E-state index < -0.39 is 0 Å². The van der Waals surface area contributed by atoms with Crippen molar-refractivity contribution < 1.29 is 14.2 Å². The van der Waals surface area contributed by atoms with Crippen LogP contribution in [0.3, 0.4) is 0 Å². The average Bonchev–Trinajstić information content (AvgIpc) is 2.76. The average molecular weight is 428 g/mol. The zero-order valence-electron chi connectivity index (χ0n) is 17.2. The van der Waals surface area contributed by atoms with Crippen LogP contribution < -0.4 is 24.8 Å². The summed E-state index contributed by atoms with van der Waals surface area (Å²) in [5.41, 5.74) is 2.57. The van der Waals surface area contributed by atoms with Crippen LogP contribution >= 0.6 is 12.4 Å². The molecule has 0 fully saturated rings. The number of nitrogens with zero attached hydrogens (tertiary/aromatic N) is 1. The molecule has 3 aromatic rings. The van der Waals surface area contributed by atoms with Gasteiger partial charge in [0.25, 0.3) is 0 Å². The number of rotatable bonds is 7. The molecule has 30 heavy (non-hydrogen) atoms. The number of guanidine groups is 1. The zero-order chi connectivity index (χ0) is 20.5. The minimum atomic E-state index is 0. The molecule has 7 heteroatoms. The van der Waals surface area contributed by atoms with Crippen LogP contribution in [-0.2, 0) is 0 Å². The van der Waals surface area contributed by atoms with E-state index in [0.29, 0.717) is 12.6 Å². The molecule has 0 aliphatic carbocycles. The van der Waals surface area contributed by atoms with Gasteiger partial charge in [-0.15, -0.1) is 12.4 Å². The lowest BCUT2D eigenvalue weighted by Gasteiger charge is -2.14. The van der Waals surface area contributed by atoms with Gasteiger partial charge in [0, 0.05) is 11.4 Å². The van der Waals surface area contributed by atoms with Crippen LogP contribution in [0.4, 0.5) is 17.1 Å². The maximum Gasteiger partial charge on any atom is 0.205 e. The number of hydrogen-bond acceptors (Lipinski definition) is 4. The molecule has 0 atom stereocenters. The van der Waals surface area contributed by atoms with Crippen molar-refractivity contribution in [3.8, 4) is 17.2 Å². The molecule has 0 heterocycles. The Balaban J connectivity index is 0.00000320. The van der Waals surface area contributed by atoms with Crippen LogP contribution in [0.15, 0.2) is 77.8 Å². The highest BCUT2D eigenvalue weighted by Crippen LogP contribution is 2.21. The van der Waals surface area contributed by atoms with Gasteiger partial charge >= 0.3 is 0 Å². The van der Waals surface area contributed by atoms with Gasteiger partial charge in [-0.2, -0.15) is 0 Å². The topological polar surface area (TPSA) is 64.1 Å². The van der Waals surface area contributed by atoms with Gasteiger partial charge in [0.2, 0.25) is 5.96 Å². The predicted octanol–water partition coefficient (Wildman–Crippen LogP) is 5.74. The molecule has 0 saturated heterocycles. The highest BCUT2D eigenvalue weighted by Gasteiger charge is 2.04. The summed E-state index contributed by atoms with van der Waals surface area (Å²) in [5.74, 6) is 3.00. The molecule has 0 saturated carbocycles. The Kier molecular flexibility index (Phi) is 8.84. The first-order valence-corrected chi connectivity index (χ1v) is 9.34. The Labute approximate surface area is 183 Å². The second-order valence-electron chi connectivity index (χ2n) is 6.09. The zero-order valence-corrected chi connectivity index (χ0v) is 18.0. The molecule has 6 nitrogen and oxygen atoms in total. The number of nitrogens with one attached hydrogen (secondary N) is 2. The Hall–Kier alpha value is -3.38. The monoisotopic (exact) mass is 427 g/mol. The van der Waals surface area contributed by atoms with Gasteiger partial charge in [0.05, 0.1) is 26.5 Å². The van der Waals surface area contributed by atoms with Gasteiger partial charge in [0.15, 0.2) is 0 Å². The normalized spacial score (nSPS) is 9.70. The lowest BCUT2D eigenvalue weighted by Crippen LogP contribution is -2.21. The van der Waals surface area contributed by atoms with Crippen molar-refractivity contribution in [2.45, 2.75) is 6.92 Å². The standard InChI is InChI=1S/C23H25N3O3.ClH/c1-4-29-22-15-9-19(10-16-22)26-23(24-17-5-11-20(27-2)12-6-17)25-18-7-13-21(28-3)14-8-18;/h5-16H,4H2,1-3H3,(H2,24,25,26);1H. The van der Waals surface area contributed by atoms with E-state index in [0.717, 1.165) is 34.3 Å². The number of anilines is 2. The number of benzene rings is 3. The second kappa shape index (κ2) is 11.6. The third-order valence-electron chi connectivity index (χ3n) is 4.09. The van der Waals surface area contributed by atoms with Crippen LogP contribution in [0.5, 0.6) is 17.2 Å². The van der Waals surface area contributed by atoms with E-state index in [-0.39, 0.29) is 12.4 Å². The lowest BCUT2D eigenvalue weighted by atomic mass is 10.3. The maximum absolute atomic E-state index is 5.50. The molecule has 0 unspecified atom stereocenters. The van der Waals surface area contributed by atoms with Gasteiger partial charge in [-0.1, -0.05) is 0 Å². The molecule has 0 bridgehead atoms. The number of hydrogen-bond donors (Lipinski definition) is 2. The van der Waals surface area contributed by atoms with Crippen LogP contribution in [0.25, 0.3) is 0 Å². The quantitative estimate of drug-likeness (QED) is 0.372. The molecule has 158 valence electrons. The number of aliphatic imine (C=N–C) groups is 1. The smallest absolute Gasteiger partial charge is 0.205 e. The molecule has 3 rings (SSSR count). The van der Waals surface area contributed by atoms with E-state index in [4.69, 9.17) is 19.2 Å². The first-order valence-electron chi connectivity index (χ1n) is 9.34. The highest BCUT2D eigenvalue weighted by atomic mass is 35.5. The van der Waals surface area contributed by atoms with E-state index in [9.17, 15) is 0 Å². The second-order valence-corrected chi connectivity index (χ2v) is 6.09. The molecule has 0 radical (unpaired) electrons. The van der Waals surface area contributed by atoms with Crippen molar-refractivity contribution in [3.05, 3.63) is 72.8 Å². The number of ether oxygens (including phenoxy) is 3. The van der Waals surface area contributed by atoms with Crippen molar-refractivity contribution in [1.82, 2.24) is 0 Å². The van der Waals surface area contributed by atoms with Gasteiger partial charge in [-0.05, 0) is 79.7 Å². The summed E-state index contributed by atoms with van der Waals surface area (Å²) in [6.07, 6.45) is 0. The highest BCUT2D eigenvalue weighted by molar-refractivity contribution is 6.04. The summed E-state index contributed by atoms with van der Waals surface area (Å²) in [6.45, 7) is 2.59. The lowest BCUT2D eigenvalue weighted by molar-refractivity contribution is 0.340. The molecule has 0 aliphatic heterocycles. The summed E-state index contributed by atoms with van der Waals surface area (Å²) in [7, 11) is 3.29. The summed E-state index contributed by atoms with van der Waals surface area (Å²) in [5, 5.41) is 6.63. The molecule has 0 aromatic heterocycles. The Morgan fingerprint density at radius 1 is 0.700 bits per heavy atom.